The van der Waals surface area contributed by atoms with Crippen molar-refractivity contribution in [3.8, 4) is 0 Å². The minimum atomic E-state index is -3.65. The molecule has 0 aliphatic carbocycles. The summed E-state index contributed by atoms with van der Waals surface area (Å²) in [5.74, 6) is 0. The van der Waals surface area contributed by atoms with Crippen LogP contribution in [0.1, 0.15) is 0 Å². The van der Waals surface area contributed by atoms with Gasteiger partial charge in [0.2, 0.25) is 0 Å². The molecule has 19 heavy (non-hydrogen) atoms. The summed E-state index contributed by atoms with van der Waals surface area (Å²) in [5, 5.41) is 0. The zero-order valence-corrected chi connectivity index (χ0v) is 13.6. The summed E-state index contributed by atoms with van der Waals surface area (Å²) in [6.45, 7) is 0. The summed E-state index contributed by atoms with van der Waals surface area (Å²) in [6.07, 6.45) is 0. The van der Waals surface area contributed by atoms with Gasteiger partial charge < -0.3 is 5.73 Å². The normalized spacial score (nSPS) is 11.3. The zero-order valence-electron chi connectivity index (χ0n) is 9.60. The average molecular weight is 406 g/mol. The Morgan fingerprint density at radius 3 is 2.42 bits per heavy atom. The standard InChI is InChI=1S/C12H10Br2N2O2S/c13-8-2-1-3-10(6-8)16-19(17,18)12-5-4-9(15)7-11(12)14/h1-7,16H,15H2. The van der Waals surface area contributed by atoms with Crippen LogP contribution in [-0.4, -0.2) is 8.42 Å². The number of nitrogens with two attached hydrogens (primary N) is 1. The lowest BCUT2D eigenvalue weighted by Gasteiger charge is -2.10. The molecule has 0 spiro atoms. The van der Waals surface area contributed by atoms with Crippen LogP contribution in [-0.2, 0) is 10.0 Å². The van der Waals surface area contributed by atoms with Crippen molar-refractivity contribution < 1.29 is 8.42 Å². The second kappa shape index (κ2) is 5.52. The van der Waals surface area contributed by atoms with Gasteiger partial charge in [0.1, 0.15) is 4.90 Å². The van der Waals surface area contributed by atoms with E-state index in [2.05, 4.69) is 36.6 Å². The molecule has 0 heterocycles. The number of sulfonamides is 1. The number of benzene rings is 2. The molecule has 3 N–H and O–H groups in total. The van der Waals surface area contributed by atoms with Crippen LogP contribution in [0.2, 0.25) is 0 Å². The van der Waals surface area contributed by atoms with E-state index in [0.29, 0.717) is 15.8 Å². The fourth-order valence-corrected chi connectivity index (χ4v) is 4.04. The summed E-state index contributed by atoms with van der Waals surface area (Å²) < 4.78 is 28.2. The first kappa shape index (κ1) is 14.4. The minimum absolute atomic E-state index is 0.140. The summed E-state index contributed by atoms with van der Waals surface area (Å²) in [7, 11) is -3.65. The van der Waals surface area contributed by atoms with Crippen molar-refractivity contribution in [2.24, 2.45) is 0 Å². The van der Waals surface area contributed by atoms with Crippen molar-refractivity contribution in [3.05, 3.63) is 51.4 Å². The molecule has 0 saturated heterocycles. The van der Waals surface area contributed by atoms with Crippen LogP contribution in [0.25, 0.3) is 0 Å². The molecular formula is C12H10Br2N2O2S. The Morgan fingerprint density at radius 1 is 1.05 bits per heavy atom. The summed E-state index contributed by atoms with van der Waals surface area (Å²) in [4.78, 5) is 0.140. The van der Waals surface area contributed by atoms with E-state index in [1.54, 1.807) is 30.3 Å². The van der Waals surface area contributed by atoms with Gasteiger partial charge in [-0.1, -0.05) is 22.0 Å². The molecule has 0 amide bonds. The quantitative estimate of drug-likeness (QED) is 0.766. The van der Waals surface area contributed by atoms with E-state index < -0.39 is 10.0 Å². The molecule has 0 unspecified atom stereocenters. The maximum Gasteiger partial charge on any atom is 0.263 e. The molecule has 0 bridgehead atoms. The molecule has 0 aliphatic rings. The Bertz CT molecular complexity index is 717. The third kappa shape index (κ3) is 3.49. The second-order valence-electron chi connectivity index (χ2n) is 3.81. The summed E-state index contributed by atoms with van der Waals surface area (Å²) in [6, 6.07) is 11.5. The van der Waals surface area contributed by atoms with Gasteiger partial charge in [0.15, 0.2) is 0 Å². The van der Waals surface area contributed by atoms with Gasteiger partial charge in [0, 0.05) is 20.3 Å². The highest BCUT2D eigenvalue weighted by molar-refractivity contribution is 9.10. The van der Waals surface area contributed by atoms with Gasteiger partial charge in [-0.05, 0) is 52.3 Å². The molecule has 2 aromatic carbocycles. The maximum absolute atomic E-state index is 12.2. The molecule has 2 aromatic rings. The molecule has 2 rings (SSSR count). The van der Waals surface area contributed by atoms with Crippen molar-refractivity contribution in [3.63, 3.8) is 0 Å². The van der Waals surface area contributed by atoms with Gasteiger partial charge in [-0.15, -0.1) is 0 Å². The minimum Gasteiger partial charge on any atom is -0.399 e. The smallest absolute Gasteiger partial charge is 0.263 e. The Balaban J connectivity index is 2.38. The molecular weight excluding hydrogens is 396 g/mol. The number of nitrogens with one attached hydrogen (secondary N) is 1. The van der Waals surface area contributed by atoms with Gasteiger partial charge in [-0.3, -0.25) is 4.72 Å². The molecule has 0 aliphatic heterocycles. The second-order valence-corrected chi connectivity index (χ2v) is 7.23. The fourth-order valence-electron chi connectivity index (χ4n) is 1.50. The van der Waals surface area contributed by atoms with Gasteiger partial charge in [-0.25, -0.2) is 8.42 Å². The molecule has 0 fully saturated rings. The van der Waals surface area contributed by atoms with E-state index in [1.807, 2.05) is 6.07 Å². The van der Waals surface area contributed by atoms with Gasteiger partial charge in [-0.2, -0.15) is 0 Å². The third-order valence-corrected chi connectivity index (χ3v) is 5.17. The molecule has 7 heteroatoms. The highest BCUT2D eigenvalue weighted by Crippen LogP contribution is 2.26. The highest BCUT2D eigenvalue weighted by Gasteiger charge is 2.17. The Morgan fingerprint density at radius 2 is 1.79 bits per heavy atom. The van der Waals surface area contributed by atoms with Crippen molar-refractivity contribution in [1.82, 2.24) is 0 Å². The first-order valence-corrected chi connectivity index (χ1v) is 8.29. The van der Waals surface area contributed by atoms with Crippen LogP contribution in [0.3, 0.4) is 0 Å². The molecule has 100 valence electrons. The maximum atomic E-state index is 12.2. The molecule has 0 saturated carbocycles. The van der Waals surface area contributed by atoms with Crippen LogP contribution in [0.5, 0.6) is 0 Å². The van der Waals surface area contributed by atoms with Crippen LogP contribution < -0.4 is 10.5 Å². The van der Waals surface area contributed by atoms with Crippen molar-refractivity contribution >= 4 is 53.3 Å². The lowest BCUT2D eigenvalue weighted by molar-refractivity contribution is 0.601. The molecule has 4 nitrogen and oxygen atoms in total. The number of halogens is 2. The molecule has 0 aromatic heterocycles. The predicted molar refractivity (Wildman–Crippen MR) is 83.5 cm³/mol. The number of nitrogen functional groups attached to an aromatic ring is 1. The number of hydrogen-bond donors (Lipinski definition) is 2. The van der Waals surface area contributed by atoms with Crippen LogP contribution in [0, 0.1) is 0 Å². The van der Waals surface area contributed by atoms with E-state index in [-0.39, 0.29) is 4.90 Å². The highest BCUT2D eigenvalue weighted by atomic mass is 79.9. The van der Waals surface area contributed by atoms with Crippen LogP contribution in [0.15, 0.2) is 56.3 Å². The first-order chi connectivity index (χ1) is 8.88. The molecule has 0 radical (unpaired) electrons. The van der Waals surface area contributed by atoms with Gasteiger partial charge >= 0.3 is 0 Å². The Hall–Kier alpha value is -1.05. The molecule has 0 atom stereocenters. The lowest BCUT2D eigenvalue weighted by atomic mass is 10.3. The largest absolute Gasteiger partial charge is 0.399 e. The topological polar surface area (TPSA) is 72.2 Å². The van der Waals surface area contributed by atoms with E-state index >= 15 is 0 Å². The van der Waals surface area contributed by atoms with E-state index in [0.717, 1.165) is 4.47 Å². The number of hydrogen-bond acceptors (Lipinski definition) is 3. The van der Waals surface area contributed by atoms with Crippen LogP contribution >= 0.6 is 31.9 Å². The summed E-state index contributed by atoms with van der Waals surface area (Å²) in [5.41, 5.74) is 6.57. The number of anilines is 2. The fraction of sp³-hybridized carbons (Fsp3) is 0. The zero-order chi connectivity index (χ0) is 14.0. The Labute approximate surface area is 128 Å². The van der Waals surface area contributed by atoms with E-state index in [9.17, 15) is 8.42 Å². The van der Waals surface area contributed by atoms with Crippen molar-refractivity contribution in [2.45, 2.75) is 4.90 Å². The lowest BCUT2D eigenvalue weighted by Crippen LogP contribution is -2.13. The van der Waals surface area contributed by atoms with Crippen molar-refractivity contribution in [2.75, 3.05) is 10.5 Å². The predicted octanol–water partition coefficient (Wildman–Crippen LogP) is 3.59. The number of rotatable bonds is 3. The monoisotopic (exact) mass is 404 g/mol. The van der Waals surface area contributed by atoms with Gasteiger partial charge in [0.25, 0.3) is 10.0 Å². The van der Waals surface area contributed by atoms with Gasteiger partial charge in [0.05, 0.1) is 0 Å². The van der Waals surface area contributed by atoms with Crippen LogP contribution in [0.4, 0.5) is 11.4 Å². The van der Waals surface area contributed by atoms with Crippen molar-refractivity contribution in [1.29, 1.82) is 0 Å². The van der Waals surface area contributed by atoms with E-state index in [4.69, 9.17) is 5.73 Å². The Kier molecular flexibility index (Phi) is 4.17. The summed E-state index contributed by atoms with van der Waals surface area (Å²) >= 11 is 6.49. The SMILES string of the molecule is Nc1ccc(S(=O)(=O)Nc2cccc(Br)c2)c(Br)c1. The third-order valence-electron chi connectivity index (χ3n) is 2.32. The first-order valence-electron chi connectivity index (χ1n) is 5.22. The average Bonchev–Trinajstić information content (AvgIpc) is 2.27. The van der Waals surface area contributed by atoms with E-state index in [1.165, 1.54) is 6.07 Å².